The summed E-state index contributed by atoms with van der Waals surface area (Å²) >= 11 is 1.66. The van der Waals surface area contributed by atoms with Gasteiger partial charge in [0, 0.05) is 43.3 Å². The first-order valence-corrected chi connectivity index (χ1v) is 15.7. The van der Waals surface area contributed by atoms with Gasteiger partial charge < -0.3 is 25.0 Å². The highest BCUT2D eigenvalue weighted by molar-refractivity contribution is 7.99. The van der Waals surface area contributed by atoms with Crippen LogP contribution in [0.4, 0.5) is 0 Å². The summed E-state index contributed by atoms with van der Waals surface area (Å²) in [6, 6.07) is 29.7. The fourth-order valence-electron chi connectivity index (χ4n) is 5.09. The Morgan fingerprint density at radius 3 is 2.36 bits per heavy atom. The van der Waals surface area contributed by atoms with E-state index in [1.807, 2.05) is 91.0 Å². The summed E-state index contributed by atoms with van der Waals surface area (Å²) in [6.07, 6.45) is 2.16. The molecule has 1 fully saturated rings. The van der Waals surface area contributed by atoms with Gasteiger partial charge in [-0.05, 0) is 46.4 Å². The van der Waals surface area contributed by atoms with Crippen LogP contribution in [0.3, 0.4) is 0 Å². The summed E-state index contributed by atoms with van der Waals surface area (Å²) in [4.78, 5) is 27.4. The van der Waals surface area contributed by atoms with Gasteiger partial charge in [0.05, 0.1) is 23.8 Å². The third kappa shape index (κ3) is 8.76. The zero-order valence-corrected chi connectivity index (χ0v) is 25.1. The van der Waals surface area contributed by atoms with Gasteiger partial charge in [0.25, 0.3) is 0 Å². The van der Waals surface area contributed by atoms with Crippen LogP contribution >= 0.6 is 11.8 Å². The summed E-state index contributed by atoms with van der Waals surface area (Å²) in [6.45, 7) is 0.348. The molecule has 3 N–H and O–H groups in total. The Hall–Kier alpha value is -4.02. The number of nitrogens with zero attached hydrogens (tertiary/aromatic N) is 1. The van der Waals surface area contributed by atoms with E-state index in [-0.39, 0.29) is 37.6 Å². The van der Waals surface area contributed by atoms with Crippen molar-refractivity contribution in [3.63, 3.8) is 0 Å². The van der Waals surface area contributed by atoms with Crippen LogP contribution in [0.5, 0.6) is 0 Å². The van der Waals surface area contributed by atoms with Crippen LogP contribution in [0.2, 0.25) is 0 Å². The van der Waals surface area contributed by atoms with E-state index in [1.54, 1.807) is 18.0 Å². The van der Waals surface area contributed by atoms with Gasteiger partial charge in [-0.1, -0.05) is 78.9 Å². The monoisotopic (exact) mass is 612 g/mol. The number of carbonyl (C=O) groups is 2. The van der Waals surface area contributed by atoms with Crippen molar-refractivity contribution in [2.24, 2.45) is 0 Å². The van der Waals surface area contributed by atoms with Crippen LogP contribution in [-0.4, -0.2) is 38.9 Å². The largest absolute Gasteiger partial charge is 0.481 e. The van der Waals surface area contributed by atoms with Gasteiger partial charge in [0.15, 0.2) is 6.29 Å². The quantitative estimate of drug-likeness (QED) is 0.148. The molecule has 8 nitrogen and oxygen atoms in total. The standard InChI is InChI=1S/C35H36N2O6S/c38-22-24-11-13-26(14-12-24)31-20-29(23-44-33-9-3-4-19-36-33)42-35(43-31)27-17-15-25(16-18-27)30-7-2-1-6-28(30)21-37-32(39)8-5-10-34(40)41/h1-4,6-7,9,11-19,29,31,35,38H,5,8,10,20-23H2,(H,37,39)(H,40,41)/t29-,31+,35+/m0/s1. The van der Waals surface area contributed by atoms with Crippen molar-refractivity contribution in [3.8, 4) is 11.1 Å². The molecule has 2 heterocycles. The Morgan fingerprint density at radius 2 is 1.64 bits per heavy atom. The number of amides is 1. The summed E-state index contributed by atoms with van der Waals surface area (Å²) in [5.41, 5.74) is 5.77. The summed E-state index contributed by atoms with van der Waals surface area (Å²) in [5, 5.41) is 22.1. The van der Waals surface area contributed by atoms with E-state index in [9.17, 15) is 14.7 Å². The number of aliphatic hydroxyl groups is 1. The van der Waals surface area contributed by atoms with Gasteiger partial charge in [-0.3, -0.25) is 9.59 Å². The SMILES string of the molecule is O=C(O)CCCC(=O)NCc1ccccc1-c1ccc([C@@H]2O[C@H](CSc3ccccn3)C[C@H](c3ccc(CO)cc3)O2)cc1. The summed E-state index contributed by atoms with van der Waals surface area (Å²) < 4.78 is 13.0. The lowest BCUT2D eigenvalue weighted by Crippen LogP contribution is -2.31. The minimum atomic E-state index is -0.901. The fraction of sp³-hybridized carbons (Fsp3) is 0.286. The minimum absolute atomic E-state index is 0.00444. The molecular weight excluding hydrogens is 576 g/mol. The van der Waals surface area contributed by atoms with Crippen molar-refractivity contribution in [2.75, 3.05) is 5.75 Å². The van der Waals surface area contributed by atoms with Crippen LogP contribution < -0.4 is 5.32 Å². The van der Waals surface area contributed by atoms with Crippen LogP contribution in [0.25, 0.3) is 11.1 Å². The van der Waals surface area contributed by atoms with Crippen molar-refractivity contribution in [2.45, 2.75) is 62.4 Å². The Labute approximate surface area is 261 Å². The Morgan fingerprint density at radius 1 is 0.886 bits per heavy atom. The molecule has 44 heavy (non-hydrogen) atoms. The molecule has 5 rings (SSSR count). The van der Waals surface area contributed by atoms with Crippen molar-refractivity contribution < 1.29 is 29.3 Å². The number of rotatable bonds is 13. The maximum Gasteiger partial charge on any atom is 0.303 e. The molecule has 228 valence electrons. The molecule has 1 aliphatic heterocycles. The molecule has 1 amide bonds. The van der Waals surface area contributed by atoms with Gasteiger partial charge >= 0.3 is 5.97 Å². The van der Waals surface area contributed by atoms with Crippen LogP contribution in [0.15, 0.2) is 102 Å². The Bertz CT molecular complexity index is 1510. The first kappa shape index (κ1) is 31.4. The number of ether oxygens (including phenoxy) is 2. The van der Waals surface area contributed by atoms with Crippen LogP contribution in [0, 0.1) is 0 Å². The van der Waals surface area contributed by atoms with Crippen molar-refractivity contribution in [1.82, 2.24) is 10.3 Å². The van der Waals surface area contributed by atoms with Crippen molar-refractivity contribution in [1.29, 1.82) is 0 Å². The fourth-order valence-corrected chi connectivity index (χ4v) is 5.97. The number of nitrogens with one attached hydrogen (secondary N) is 1. The number of pyridine rings is 1. The molecule has 3 aromatic carbocycles. The minimum Gasteiger partial charge on any atom is -0.481 e. The molecule has 0 aliphatic carbocycles. The predicted octanol–water partition coefficient (Wildman–Crippen LogP) is 6.45. The normalized spacial score (nSPS) is 18.1. The highest BCUT2D eigenvalue weighted by Crippen LogP contribution is 2.40. The molecule has 9 heteroatoms. The number of aliphatic carboxylic acids is 1. The maximum atomic E-state index is 12.2. The molecule has 3 atom stereocenters. The molecule has 0 unspecified atom stereocenters. The highest BCUT2D eigenvalue weighted by atomic mass is 32.2. The third-order valence-electron chi connectivity index (χ3n) is 7.45. The van der Waals surface area contributed by atoms with E-state index in [2.05, 4.69) is 10.3 Å². The number of hydrogen-bond acceptors (Lipinski definition) is 7. The number of carboxylic acid groups (broad SMARTS) is 1. The lowest BCUT2D eigenvalue weighted by atomic mass is 9.97. The summed E-state index contributed by atoms with van der Waals surface area (Å²) in [7, 11) is 0. The number of thioether (sulfide) groups is 1. The van der Waals surface area contributed by atoms with E-state index in [1.165, 1.54) is 0 Å². The zero-order valence-electron chi connectivity index (χ0n) is 24.3. The van der Waals surface area contributed by atoms with E-state index in [0.29, 0.717) is 19.4 Å². The Kier molecular flexibility index (Phi) is 11.2. The smallest absolute Gasteiger partial charge is 0.303 e. The molecule has 0 spiro atoms. The molecule has 4 aromatic rings. The molecule has 1 aromatic heterocycles. The van der Waals surface area contributed by atoms with E-state index in [4.69, 9.17) is 14.6 Å². The van der Waals surface area contributed by atoms with Crippen LogP contribution in [-0.2, 0) is 32.2 Å². The number of hydrogen-bond donors (Lipinski definition) is 3. The first-order chi connectivity index (χ1) is 21.5. The van der Waals surface area contributed by atoms with Gasteiger partial charge in [-0.2, -0.15) is 0 Å². The summed E-state index contributed by atoms with van der Waals surface area (Å²) in [5.74, 6) is -0.337. The van der Waals surface area contributed by atoms with Gasteiger partial charge in [-0.15, -0.1) is 11.8 Å². The van der Waals surface area contributed by atoms with E-state index < -0.39 is 12.3 Å². The Balaban J connectivity index is 1.29. The molecule has 1 aliphatic rings. The number of aliphatic hydroxyl groups excluding tert-OH is 1. The predicted molar refractivity (Wildman–Crippen MR) is 169 cm³/mol. The van der Waals surface area contributed by atoms with Crippen molar-refractivity contribution in [3.05, 3.63) is 119 Å². The average molecular weight is 613 g/mol. The van der Waals surface area contributed by atoms with Crippen LogP contribution in [0.1, 0.15) is 60.3 Å². The van der Waals surface area contributed by atoms with Gasteiger partial charge in [0.2, 0.25) is 5.91 Å². The van der Waals surface area contributed by atoms with Gasteiger partial charge in [-0.25, -0.2) is 4.98 Å². The number of carboxylic acids is 1. The molecule has 1 saturated heterocycles. The molecular formula is C35H36N2O6S. The van der Waals surface area contributed by atoms with Gasteiger partial charge in [0.1, 0.15) is 0 Å². The molecule has 0 saturated carbocycles. The second-order valence-electron chi connectivity index (χ2n) is 10.6. The zero-order chi connectivity index (χ0) is 30.7. The third-order valence-corrected chi connectivity index (χ3v) is 8.53. The number of benzene rings is 3. The lowest BCUT2D eigenvalue weighted by Gasteiger charge is -2.36. The molecule has 0 bridgehead atoms. The average Bonchev–Trinajstić information content (AvgIpc) is 3.07. The number of carbonyl (C=O) groups excluding carboxylic acids is 1. The second-order valence-corrected chi connectivity index (χ2v) is 11.7. The second kappa shape index (κ2) is 15.6. The van der Waals surface area contributed by atoms with E-state index >= 15 is 0 Å². The van der Waals surface area contributed by atoms with E-state index in [0.717, 1.165) is 44.2 Å². The molecule has 0 radical (unpaired) electrons. The lowest BCUT2D eigenvalue weighted by molar-refractivity contribution is -0.245. The first-order valence-electron chi connectivity index (χ1n) is 14.7. The maximum absolute atomic E-state index is 12.2. The number of aromatic nitrogens is 1. The van der Waals surface area contributed by atoms with Crippen molar-refractivity contribution >= 4 is 23.6 Å². The topological polar surface area (TPSA) is 118 Å². The highest BCUT2D eigenvalue weighted by Gasteiger charge is 2.32.